The van der Waals surface area contributed by atoms with Gasteiger partial charge in [-0.15, -0.1) is 5.10 Å². The molecule has 1 aromatic heterocycles. The molecule has 5 nitrogen and oxygen atoms in total. The fourth-order valence-electron chi connectivity index (χ4n) is 2.07. The van der Waals surface area contributed by atoms with Crippen molar-refractivity contribution in [2.75, 3.05) is 0 Å². The maximum atomic E-state index is 10.3. The summed E-state index contributed by atoms with van der Waals surface area (Å²) < 4.78 is 1.86. The standard InChI is InChI=1S/C14H25N3O2/c1-2-17-12-13(15-16-17)10-8-6-4-3-5-7-9-11-14(18)19/h12H,2-11H2,1H3,(H,18,19). The fourth-order valence-corrected chi connectivity index (χ4v) is 2.07. The minimum Gasteiger partial charge on any atom is -0.481 e. The monoisotopic (exact) mass is 267 g/mol. The van der Waals surface area contributed by atoms with Crippen LogP contribution in [0.25, 0.3) is 0 Å². The van der Waals surface area contributed by atoms with Gasteiger partial charge in [-0.1, -0.05) is 37.3 Å². The highest BCUT2D eigenvalue weighted by molar-refractivity contribution is 5.66. The molecular weight excluding hydrogens is 242 g/mol. The van der Waals surface area contributed by atoms with Gasteiger partial charge in [0.25, 0.3) is 0 Å². The van der Waals surface area contributed by atoms with Gasteiger partial charge in [-0.2, -0.15) is 0 Å². The van der Waals surface area contributed by atoms with Crippen LogP contribution in [-0.2, 0) is 17.8 Å². The lowest BCUT2D eigenvalue weighted by Crippen LogP contribution is -1.93. The van der Waals surface area contributed by atoms with Gasteiger partial charge in [-0.25, -0.2) is 0 Å². The van der Waals surface area contributed by atoms with Gasteiger partial charge in [0.05, 0.1) is 5.69 Å². The lowest BCUT2D eigenvalue weighted by atomic mass is 10.1. The summed E-state index contributed by atoms with van der Waals surface area (Å²) >= 11 is 0. The van der Waals surface area contributed by atoms with E-state index in [1.54, 1.807) is 0 Å². The Hall–Kier alpha value is -1.39. The van der Waals surface area contributed by atoms with Gasteiger partial charge in [-0.3, -0.25) is 9.48 Å². The second-order valence-electron chi connectivity index (χ2n) is 4.93. The van der Waals surface area contributed by atoms with Gasteiger partial charge >= 0.3 is 5.97 Å². The first-order valence-electron chi connectivity index (χ1n) is 7.33. The summed E-state index contributed by atoms with van der Waals surface area (Å²) in [6.45, 7) is 2.94. The average Bonchev–Trinajstić information content (AvgIpc) is 2.84. The van der Waals surface area contributed by atoms with E-state index in [-0.39, 0.29) is 0 Å². The van der Waals surface area contributed by atoms with E-state index in [2.05, 4.69) is 17.2 Å². The maximum absolute atomic E-state index is 10.3. The molecule has 5 heteroatoms. The molecule has 0 amide bonds. The van der Waals surface area contributed by atoms with Gasteiger partial charge in [0, 0.05) is 19.2 Å². The molecule has 0 spiro atoms. The van der Waals surface area contributed by atoms with Gasteiger partial charge in [0.15, 0.2) is 0 Å². The van der Waals surface area contributed by atoms with Crippen LogP contribution in [0.3, 0.4) is 0 Å². The normalized spacial score (nSPS) is 10.8. The van der Waals surface area contributed by atoms with Crippen molar-refractivity contribution in [2.45, 2.75) is 71.3 Å². The number of hydrogen-bond acceptors (Lipinski definition) is 3. The first kappa shape index (κ1) is 15.7. The summed E-state index contributed by atoms with van der Waals surface area (Å²) in [4.78, 5) is 10.3. The predicted octanol–water partition coefficient (Wildman–Crippen LogP) is 3.05. The molecule has 0 fully saturated rings. The van der Waals surface area contributed by atoms with Crippen LogP contribution in [0.2, 0.25) is 0 Å². The van der Waals surface area contributed by atoms with E-state index in [0.717, 1.165) is 44.3 Å². The molecule has 0 radical (unpaired) electrons. The summed E-state index contributed by atoms with van der Waals surface area (Å²) in [6, 6.07) is 0. The van der Waals surface area contributed by atoms with Crippen molar-refractivity contribution in [1.82, 2.24) is 15.0 Å². The van der Waals surface area contributed by atoms with E-state index in [1.807, 2.05) is 10.9 Å². The number of aromatic nitrogens is 3. The van der Waals surface area contributed by atoms with Gasteiger partial charge in [-0.05, 0) is 26.2 Å². The quantitative estimate of drug-likeness (QED) is 0.626. The van der Waals surface area contributed by atoms with Crippen molar-refractivity contribution in [3.05, 3.63) is 11.9 Å². The smallest absolute Gasteiger partial charge is 0.303 e. The molecule has 0 saturated carbocycles. The highest BCUT2D eigenvalue weighted by atomic mass is 16.4. The molecule has 1 heterocycles. The summed E-state index contributed by atoms with van der Waals surface area (Å²) in [5.41, 5.74) is 1.09. The number of aryl methyl sites for hydroxylation is 2. The van der Waals surface area contributed by atoms with Crippen LogP contribution in [0.1, 0.15) is 64.0 Å². The molecule has 1 aromatic rings. The van der Waals surface area contributed by atoms with Crippen molar-refractivity contribution >= 4 is 5.97 Å². The summed E-state index contributed by atoms with van der Waals surface area (Å²) in [5.74, 6) is -0.680. The first-order chi connectivity index (χ1) is 9.22. The second kappa shape index (κ2) is 9.53. The molecule has 0 bridgehead atoms. The lowest BCUT2D eigenvalue weighted by Gasteiger charge is -2.00. The van der Waals surface area contributed by atoms with Crippen LogP contribution in [0, 0.1) is 0 Å². The lowest BCUT2D eigenvalue weighted by molar-refractivity contribution is -0.137. The number of hydrogen-bond donors (Lipinski definition) is 1. The Kier molecular flexibility index (Phi) is 7.86. The second-order valence-corrected chi connectivity index (χ2v) is 4.93. The van der Waals surface area contributed by atoms with Crippen molar-refractivity contribution < 1.29 is 9.90 Å². The van der Waals surface area contributed by atoms with Crippen LogP contribution < -0.4 is 0 Å². The molecule has 0 aliphatic rings. The largest absolute Gasteiger partial charge is 0.481 e. The number of rotatable bonds is 11. The summed E-state index contributed by atoms with van der Waals surface area (Å²) in [5, 5.41) is 16.6. The topological polar surface area (TPSA) is 68.0 Å². The zero-order valence-electron chi connectivity index (χ0n) is 11.8. The molecular formula is C14H25N3O2. The Balaban J connectivity index is 1.89. The van der Waals surface area contributed by atoms with E-state index >= 15 is 0 Å². The van der Waals surface area contributed by atoms with Crippen molar-refractivity contribution in [3.63, 3.8) is 0 Å². The molecule has 0 aliphatic heterocycles. The molecule has 108 valence electrons. The van der Waals surface area contributed by atoms with Crippen LogP contribution in [-0.4, -0.2) is 26.1 Å². The molecule has 19 heavy (non-hydrogen) atoms. The van der Waals surface area contributed by atoms with Gasteiger partial charge in [0.2, 0.25) is 0 Å². The van der Waals surface area contributed by atoms with Crippen molar-refractivity contribution in [1.29, 1.82) is 0 Å². The van der Waals surface area contributed by atoms with E-state index in [9.17, 15) is 4.79 Å². The van der Waals surface area contributed by atoms with E-state index < -0.39 is 5.97 Å². The number of nitrogens with zero attached hydrogens (tertiary/aromatic N) is 3. The van der Waals surface area contributed by atoms with Gasteiger partial charge in [0.1, 0.15) is 0 Å². The molecule has 0 aliphatic carbocycles. The van der Waals surface area contributed by atoms with Crippen LogP contribution in [0.5, 0.6) is 0 Å². The molecule has 0 atom stereocenters. The first-order valence-corrected chi connectivity index (χ1v) is 7.33. The van der Waals surface area contributed by atoms with Crippen molar-refractivity contribution in [3.8, 4) is 0 Å². The van der Waals surface area contributed by atoms with E-state index in [1.165, 1.54) is 19.3 Å². The number of unbranched alkanes of at least 4 members (excludes halogenated alkanes) is 6. The van der Waals surface area contributed by atoms with Crippen LogP contribution >= 0.6 is 0 Å². The molecule has 1 N–H and O–H groups in total. The number of carboxylic acid groups (broad SMARTS) is 1. The van der Waals surface area contributed by atoms with E-state index in [0.29, 0.717) is 6.42 Å². The highest BCUT2D eigenvalue weighted by Crippen LogP contribution is 2.10. The molecule has 0 unspecified atom stereocenters. The maximum Gasteiger partial charge on any atom is 0.303 e. The third-order valence-electron chi connectivity index (χ3n) is 3.23. The summed E-state index contributed by atoms with van der Waals surface area (Å²) in [7, 11) is 0. The van der Waals surface area contributed by atoms with Crippen LogP contribution in [0.4, 0.5) is 0 Å². The zero-order chi connectivity index (χ0) is 13.9. The Morgan fingerprint density at radius 1 is 1.16 bits per heavy atom. The Morgan fingerprint density at radius 2 is 1.79 bits per heavy atom. The molecule has 0 saturated heterocycles. The number of aliphatic carboxylic acids is 1. The Morgan fingerprint density at radius 3 is 2.37 bits per heavy atom. The van der Waals surface area contributed by atoms with Crippen molar-refractivity contribution in [2.24, 2.45) is 0 Å². The minimum absolute atomic E-state index is 0.313. The number of carboxylic acids is 1. The third-order valence-corrected chi connectivity index (χ3v) is 3.23. The molecule has 0 aromatic carbocycles. The SMILES string of the molecule is CCn1cc(CCCCCCCCCC(=O)O)nn1. The van der Waals surface area contributed by atoms with Crippen LogP contribution in [0.15, 0.2) is 6.20 Å². The Labute approximate surface area is 115 Å². The van der Waals surface area contributed by atoms with Gasteiger partial charge < -0.3 is 5.11 Å². The summed E-state index contributed by atoms with van der Waals surface area (Å²) in [6.07, 6.45) is 11.2. The third kappa shape index (κ3) is 7.59. The fraction of sp³-hybridized carbons (Fsp3) is 0.786. The van der Waals surface area contributed by atoms with E-state index in [4.69, 9.17) is 5.11 Å². The highest BCUT2D eigenvalue weighted by Gasteiger charge is 2.00. The predicted molar refractivity (Wildman–Crippen MR) is 74.0 cm³/mol. The minimum atomic E-state index is -0.680. The number of carbonyl (C=O) groups is 1. The molecule has 1 rings (SSSR count). The Bertz CT molecular complexity index is 363. The average molecular weight is 267 g/mol. The zero-order valence-corrected chi connectivity index (χ0v) is 11.8.